The van der Waals surface area contributed by atoms with Gasteiger partial charge in [-0.2, -0.15) is 0 Å². The van der Waals surface area contributed by atoms with E-state index in [1.54, 1.807) is 11.3 Å². The van der Waals surface area contributed by atoms with Crippen molar-refractivity contribution in [2.24, 2.45) is 0 Å². The zero-order valence-corrected chi connectivity index (χ0v) is 10.4. The zero-order valence-electron chi connectivity index (χ0n) is 8.85. The average Bonchev–Trinajstić information content (AvgIpc) is 2.49. The highest BCUT2D eigenvalue weighted by molar-refractivity contribution is 7.20. The second-order valence-corrected chi connectivity index (χ2v) is 5.47. The molecular weight excluding hydrogens is 238 g/mol. The Morgan fingerprint density at radius 3 is 3.06 bits per heavy atom. The van der Waals surface area contributed by atoms with Gasteiger partial charge in [0.05, 0.1) is 0 Å². The SMILES string of the molecule is C=Cc1sc2ccc(Cl)c3c2c1CNCC3. The van der Waals surface area contributed by atoms with Gasteiger partial charge in [-0.25, -0.2) is 0 Å². The van der Waals surface area contributed by atoms with Crippen LogP contribution in [0.4, 0.5) is 0 Å². The van der Waals surface area contributed by atoms with E-state index in [0.717, 1.165) is 24.5 Å². The highest BCUT2D eigenvalue weighted by Crippen LogP contribution is 2.38. The van der Waals surface area contributed by atoms with Gasteiger partial charge >= 0.3 is 0 Å². The molecule has 0 saturated heterocycles. The molecule has 1 nitrogen and oxygen atoms in total. The number of nitrogens with one attached hydrogen (secondary N) is 1. The van der Waals surface area contributed by atoms with Crippen LogP contribution in [0.15, 0.2) is 18.7 Å². The molecule has 3 heteroatoms. The van der Waals surface area contributed by atoms with E-state index in [-0.39, 0.29) is 0 Å². The first-order valence-electron chi connectivity index (χ1n) is 5.37. The molecule has 0 aliphatic carbocycles. The van der Waals surface area contributed by atoms with E-state index in [4.69, 9.17) is 11.6 Å². The summed E-state index contributed by atoms with van der Waals surface area (Å²) in [5, 5.41) is 5.70. The Kier molecular flexibility index (Phi) is 2.51. The molecular formula is C13H12ClNS. The van der Waals surface area contributed by atoms with Crippen molar-refractivity contribution in [1.82, 2.24) is 5.32 Å². The fraction of sp³-hybridized carbons (Fsp3) is 0.231. The third kappa shape index (κ3) is 1.41. The molecule has 82 valence electrons. The first-order valence-corrected chi connectivity index (χ1v) is 6.56. The van der Waals surface area contributed by atoms with Gasteiger partial charge in [-0.15, -0.1) is 11.3 Å². The van der Waals surface area contributed by atoms with Gasteiger partial charge in [-0.3, -0.25) is 0 Å². The van der Waals surface area contributed by atoms with E-state index in [2.05, 4.69) is 18.0 Å². The molecule has 3 rings (SSSR count). The van der Waals surface area contributed by atoms with Crippen molar-refractivity contribution in [3.63, 3.8) is 0 Å². The molecule has 0 radical (unpaired) electrons. The Bertz CT molecular complexity index is 571. The topological polar surface area (TPSA) is 12.0 Å². The Hall–Kier alpha value is -0.830. The predicted molar refractivity (Wildman–Crippen MR) is 72.3 cm³/mol. The zero-order chi connectivity index (χ0) is 11.1. The molecule has 0 unspecified atom stereocenters. The van der Waals surface area contributed by atoms with Crippen molar-refractivity contribution in [2.75, 3.05) is 6.54 Å². The lowest BCUT2D eigenvalue weighted by atomic mass is 10.0. The van der Waals surface area contributed by atoms with Gasteiger partial charge in [0.2, 0.25) is 0 Å². The summed E-state index contributed by atoms with van der Waals surface area (Å²) in [6.45, 7) is 5.81. The van der Waals surface area contributed by atoms with Crippen LogP contribution in [-0.2, 0) is 13.0 Å². The van der Waals surface area contributed by atoms with Crippen LogP contribution in [-0.4, -0.2) is 6.54 Å². The summed E-state index contributed by atoms with van der Waals surface area (Å²) in [5.41, 5.74) is 2.66. The van der Waals surface area contributed by atoms with Gasteiger partial charge in [0, 0.05) is 26.5 Å². The third-order valence-electron chi connectivity index (χ3n) is 3.08. The van der Waals surface area contributed by atoms with Crippen LogP contribution >= 0.6 is 22.9 Å². The van der Waals surface area contributed by atoms with E-state index in [1.165, 1.54) is 26.1 Å². The van der Waals surface area contributed by atoms with Gasteiger partial charge < -0.3 is 5.32 Å². The molecule has 1 aromatic heterocycles. The van der Waals surface area contributed by atoms with Crippen molar-refractivity contribution in [3.05, 3.63) is 39.7 Å². The Labute approximate surface area is 104 Å². The lowest BCUT2D eigenvalue weighted by Crippen LogP contribution is -2.14. The van der Waals surface area contributed by atoms with E-state index in [0.29, 0.717) is 0 Å². The minimum atomic E-state index is 0.894. The molecule has 0 amide bonds. The predicted octanol–water partition coefficient (Wildman–Crippen LogP) is 3.84. The number of hydrogen-bond acceptors (Lipinski definition) is 2. The molecule has 1 aliphatic rings. The van der Waals surface area contributed by atoms with Crippen LogP contribution in [0.5, 0.6) is 0 Å². The number of rotatable bonds is 1. The van der Waals surface area contributed by atoms with Crippen molar-refractivity contribution in [1.29, 1.82) is 0 Å². The highest BCUT2D eigenvalue weighted by atomic mass is 35.5. The first kappa shape index (κ1) is 10.3. The number of halogens is 1. The maximum Gasteiger partial charge on any atom is 0.0445 e. The van der Waals surface area contributed by atoms with E-state index in [9.17, 15) is 0 Å². The van der Waals surface area contributed by atoms with E-state index >= 15 is 0 Å². The van der Waals surface area contributed by atoms with Crippen LogP contribution in [0.3, 0.4) is 0 Å². The summed E-state index contributed by atoms with van der Waals surface area (Å²) in [4.78, 5) is 1.27. The van der Waals surface area contributed by atoms with Gasteiger partial charge in [-0.1, -0.05) is 24.3 Å². The molecule has 16 heavy (non-hydrogen) atoms. The largest absolute Gasteiger partial charge is 0.312 e. The van der Waals surface area contributed by atoms with Crippen LogP contribution in [0.25, 0.3) is 16.2 Å². The van der Waals surface area contributed by atoms with E-state index in [1.807, 2.05) is 12.1 Å². The van der Waals surface area contributed by atoms with Crippen LogP contribution in [0, 0.1) is 0 Å². The fourth-order valence-corrected chi connectivity index (χ4v) is 3.69. The molecule has 0 fully saturated rings. The van der Waals surface area contributed by atoms with Crippen molar-refractivity contribution < 1.29 is 0 Å². The second kappa shape index (κ2) is 3.88. The van der Waals surface area contributed by atoms with Crippen molar-refractivity contribution in [3.8, 4) is 0 Å². The maximum absolute atomic E-state index is 6.29. The monoisotopic (exact) mass is 249 g/mol. The van der Waals surface area contributed by atoms with Gasteiger partial charge in [0.15, 0.2) is 0 Å². The molecule has 0 bridgehead atoms. The minimum absolute atomic E-state index is 0.894. The van der Waals surface area contributed by atoms with Gasteiger partial charge in [0.25, 0.3) is 0 Å². The summed E-state index contributed by atoms with van der Waals surface area (Å²) in [6.07, 6.45) is 2.96. The minimum Gasteiger partial charge on any atom is -0.312 e. The maximum atomic E-state index is 6.29. The molecule has 0 atom stereocenters. The standard InChI is InChI=1S/C13H12ClNS/c1-2-11-9-7-15-6-5-8-10(14)3-4-12(16-11)13(8)9/h2-4,15H,1,5-7H2. The molecule has 1 aliphatic heterocycles. The van der Waals surface area contributed by atoms with Crippen molar-refractivity contribution in [2.45, 2.75) is 13.0 Å². The smallest absolute Gasteiger partial charge is 0.0445 e. The number of benzene rings is 1. The van der Waals surface area contributed by atoms with Gasteiger partial charge in [-0.05, 0) is 36.2 Å². The summed E-state index contributed by atoms with van der Waals surface area (Å²) in [5.74, 6) is 0. The lowest BCUT2D eigenvalue weighted by molar-refractivity contribution is 0.703. The third-order valence-corrected chi connectivity index (χ3v) is 4.62. The second-order valence-electron chi connectivity index (χ2n) is 3.97. The molecule has 2 heterocycles. The summed E-state index contributed by atoms with van der Waals surface area (Å²) in [7, 11) is 0. The van der Waals surface area contributed by atoms with Crippen LogP contribution in [0.1, 0.15) is 16.0 Å². The quantitative estimate of drug-likeness (QED) is 0.810. The summed E-state index contributed by atoms with van der Waals surface area (Å²) in [6, 6.07) is 4.13. The van der Waals surface area contributed by atoms with Crippen LogP contribution in [0.2, 0.25) is 5.02 Å². The highest BCUT2D eigenvalue weighted by Gasteiger charge is 2.17. The van der Waals surface area contributed by atoms with E-state index < -0.39 is 0 Å². The number of thiophene rings is 1. The fourth-order valence-electron chi connectivity index (χ4n) is 2.33. The lowest BCUT2D eigenvalue weighted by Gasteiger charge is -2.03. The Balaban J connectivity index is 2.44. The molecule has 1 N–H and O–H groups in total. The normalized spacial score (nSPS) is 15.1. The number of hydrogen-bond donors (Lipinski definition) is 1. The molecule has 0 spiro atoms. The molecule has 2 aromatic rings. The first-order chi connectivity index (χ1) is 7.81. The van der Waals surface area contributed by atoms with Crippen molar-refractivity contribution >= 4 is 39.1 Å². The summed E-state index contributed by atoms with van der Waals surface area (Å²) >= 11 is 8.09. The molecule has 1 aromatic carbocycles. The van der Waals surface area contributed by atoms with Gasteiger partial charge in [0.1, 0.15) is 0 Å². The summed E-state index contributed by atoms with van der Waals surface area (Å²) < 4.78 is 1.33. The Morgan fingerprint density at radius 2 is 2.25 bits per heavy atom. The van der Waals surface area contributed by atoms with Crippen LogP contribution < -0.4 is 5.32 Å². The average molecular weight is 250 g/mol. The Morgan fingerprint density at radius 1 is 1.38 bits per heavy atom. The molecule has 0 saturated carbocycles.